The molecule has 1 amide bonds. The van der Waals surface area contributed by atoms with Crippen LogP contribution in [0.2, 0.25) is 0 Å². The van der Waals surface area contributed by atoms with E-state index in [4.69, 9.17) is 0 Å². The van der Waals surface area contributed by atoms with Gasteiger partial charge in [0.05, 0.1) is 13.2 Å². The predicted octanol–water partition coefficient (Wildman–Crippen LogP) is 1.61. The van der Waals surface area contributed by atoms with Crippen molar-refractivity contribution in [3.05, 3.63) is 0 Å². The van der Waals surface area contributed by atoms with Gasteiger partial charge < -0.3 is 4.74 Å². The second-order valence-corrected chi connectivity index (χ2v) is 1.26. The van der Waals surface area contributed by atoms with Crippen LogP contribution < -0.4 is 0 Å². The Kier molecular flexibility index (Phi) is 4.67. The molecule has 0 bridgehead atoms. The lowest BCUT2D eigenvalue weighted by atomic mass is 10.8. The van der Waals surface area contributed by atoms with E-state index in [9.17, 15) is 4.79 Å². The maximum atomic E-state index is 10.3. The van der Waals surface area contributed by atoms with E-state index in [2.05, 4.69) is 15.0 Å². The third-order valence-electron chi connectivity index (χ3n) is 0.562. The van der Waals surface area contributed by atoms with Crippen molar-refractivity contribution in [3.8, 4) is 0 Å². The summed E-state index contributed by atoms with van der Waals surface area (Å²) in [7, 11) is 0. The van der Waals surface area contributed by atoms with Crippen LogP contribution in [-0.4, -0.2) is 19.2 Å². The minimum atomic E-state index is -0.612. The number of amides is 1. The molecule has 0 aromatic rings. The molecule has 0 aromatic carbocycles. The van der Waals surface area contributed by atoms with Crippen LogP contribution in [0.25, 0.3) is 0 Å². The van der Waals surface area contributed by atoms with E-state index in [1.807, 2.05) is 0 Å². The van der Waals surface area contributed by atoms with Gasteiger partial charge in [-0.25, -0.2) is 4.79 Å². The molecule has 0 spiro atoms. The van der Waals surface area contributed by atoms with E-state index in [0.29, 0.717) is 13.2 Å². The molecule has 9 heavy (non-hydrogen) atoms. The normalized spacial score (nSPS) is 10.0. The second-order valence-electron chi connectivity index (χ2n) is 1.26. The molecule has 0 aliphatic rings. The van der Waals surface area contributed by atoms with E-state index in [0.717, 1.165) is 0 Å². The lowest BCUT2D eigenvalue weighted by Crippen LogP contribution is -1.95. The van der Waals surface area contributed by atoms with E-state index >= 15 is 0 Å². The third kappa shape index (κ3) is 4.93. The molecular weight excluding hydrogens is 120 g/mol. The van der Waals surface area contributed by atoms with Crippen molar-refractivity contribution < 1.29 is 9.53 Å². The van der Waals surface area contributed by atoms with Crippen LogP contribution in [-0.2, 0) is 4.74 Å². The maximum Gasteiger partial charge on any atom is 0.452 e. The zero-order chi connectivity index (χ0) is 7.11. The summed E-state index contributed by atoms with van der Waals surface area (Å²) in [6.45, 7) is 4.38. The van der Waals surface area contributed by atoms with Crippen LogP contribution in [0.5, 0.6) is 0 Å². The van der Waals surface area contributed by atoms with Gasteiger partial charge >= 0.3 is 6.09 Å². The summed E-state index contributed by atoms with van der Waals surface area (Å²) in [5.74, 6) is 0. The van der Waals surface area contributed by atoms with Crippen LogP contribution in [0.1, 0.15) is 13.8 Å². The summed E-state index contributed by atoms with van der Waals surface area (Å²) in [5, 5.41) is 6.64. The van der Waals surface area contributed by atoms with Crippen molar-refractivity contribution in [1.29, 1.82) is 0 Å². The first-order valence-corrected chi connectivity index (χ1v) is 2.85. The quantitative estimate of drug-likeness (QED) is 0.533. The fourth-order valence-electron chi connectivity index (χ4n) is 0.281. The summed E-state index contributed by atoms with van der Waals surface area (Å²) < 4.78 is 4.44. The Bertz CT molecular complexity index is 112. The monoisotopic (exact) mass is 130 g/mol. The molecule has 0 N–H and O–H groups in total. The lowest BCUT2D eigenvalue weighted by Gasteiger charge is -1.90. The van der Waals surface area contributed by atoms with Crippen molar-refractivity contribution >= 4 is 6.09 Å². The lowest BCUT2D eigenvalue weighted by molar-refractivity contribution is 0.161. The molecule has 0 aromatic heterocycles. The minimum Gasteiger partial charge on any atom is -0.447 e. The van der Waals surface area contributed by atoms with Crippen molar-refractivity contribution in [1.82, 2.24) is 0 Å². The van der Waals surface area contributed by atoms with Crippen molar-refractivity contribution in [3.63, 3.8) is 0 Å². The largest absolute Gasteiger partial charge is 0.452 e. The second kappa shape index (κ2) is 5.21. The van der Waals surface area contributed by atoms with Crippen LogP contribution in [0.4, 0.5) is 4.79 Å². The summed E-state index contributed by atoms with van der Waals surface area (Å²) >= 11 is 0. The highest BCUT2D eigenvalue weighted by molar-refractivity contribution is 5.67. The molecule has 52 valence electrons. The standard InChI is InChI=1S/C5H10N2O2/c1-3-6-7-5(8)9-4-2/h3-4H2,1-2H3/b7-6+. The van der Waals surface area contributed by atoms with Gasteiger partial charge in [-0.15, -0.1) is 0 Å². The van der Waals surface area contributed by atoms with Crippen LogP contribution >= 0.6 is 0 Å². The first-order chi connectivity index (χ1) is 4.31. The zero-order valence-electron chi connectivity index (χ0n) is 5.63. The molecule has 0 saturated carbocycles. The number of hydrogen-bond donors (Lipinski definition) is 0. The van der Waals surface area contributed by atoms with Gasteiger partial charge in [0.2, 0.25) is 0 Å². The van der Waals surface area contributed by atoms with Crippen molar-refractivity contribution in [2.24, 2.45) is 10.2 Å². The molecule has 0 aliphatic heterocycles. The Morgan fingerprint density at radius 2 is 2.22 bits per heavy atom. The number of rotatable bonds is 2. The molecule has 0 radical (unpaired) electrons. The number of azo groups is 1. The summed E-state index contributed by atoms with van der Waals surface area (Å²) in [5.41, 5.74) is 0. The van der Waals surface area contributed by atoms with Crippen LogP contribution in [0, 0.1) is 0 Å². The first-order valence-electron chi connectivity index (χ1n) is 2.85. The number of carbonyl (C=O) groups is 1. The van der Waals surface area contributed by atoms with Gasteiger partial charge in [-0.1, -0.05) is 5.11 Å². The molecule has 0 rings (SSSR count). The Labute approximate surface area is 53.9 Å². The van der Waals surface area contributed by atoms with Gasteiger partial charge in [-0.3, -0.25) is 0 Å². The average molecular weight is 130 g/mol. The van der Waals surface area contributed by atoms with Crippen LogP contribution in [0.3, 0.4) is 0 Å². The highest BCUT2D eigenvalue weighted by atomic mass is 16.5. The van der Waals surface area contributed by atoms with E-state index in [1.165, 1.54) is 0 Å². The third-order valence-corrected chi connectivity index (χ3v) is 0.562. The minimum absolute atomic E-state index is 0.349. The Morgan fingerprint density at radius 3 is 2.67 bits per heavy atom. The number of carbonyl (C=O) groups excluding carboxylic acids is 1. The van der Waals surface area contributed by atoms with E-state index in [1.54, 1.807) is 13.8 Å². The predicted molar refractivity (Wildman–Crippen MR) is 32.4 cm³/mol. The molecule has 0 aliphatic carbocycles. The van der Waals surface area contributed by atoms with E-state index in [-0.39, 0.29) is 0 Å². The number of nitrogens with zero attached hydrogens (tertiary/aromatic N) is 2. The van der Waals surface area contributed by atoms with Gasteiger partial charge in [0.25, 0.3) is 0 Å². The maximum absolute atomic E-state index is 10.3. The van der Waals surface area contributed by atoms with Gasteiger partial charge in [0.1, 0.15) is 0 Å². The number of ether oxygens (including phenoxy) is 1. The fraction of sp³-hybridized carbons (Fsp3) is 0.800. The summed E-state index contributed by atoms with van der Waals surface area (Å²) in [4.78, 5) is 10.3. The molecule has 0 unspecified atom stereocenters. The van der Waals surface area contributed by atoms with Gasteiger partial charge in [0, 0.05) is 0 Å². The van der Waals surface area contributed by atoms with Crippen molar-refractivity contribution in [2.45, 2.75) is 13.8 Å². The number of hydrogen-bond acceptors (Lipinski definition) is 3. The Morgan fingerprint density at radius 1 is 1.56 bits per heavy atom. The van der Waals surface area contributed by atoms with Crippen molar-refractivity contribution in [2.75, 3.05) is 13.2 Å². The Balaban J connectivity index is 3.37. The van der Waals surface area contributed by atoms with Gasteiger partial charge in [0.15, 0.2) is 0 Å². The highest BCUT2D eigenvalue weighted by Gasteiger charge is 1.92. The molecule has 0 atom stereocenters. The SMILES string of the molecule is CC/N=N/C(=O)OCC. The van der Waals surface area contributed by atoms with Gasteiger partial charge in [-0.05, 0) is 13.8 Å². The molecule has 0 fully saturated rings. The topological polar surface area (TPSA) is 51.0 Å². The summed E-state index contributed by atoms with van der Waals surface area (Å²) in [6, 6.07) is 0. The fourth-order valence-corrected chi connectivity index (χ4v) is 0.281. The molecule has 4 heteroatoms. The first kappa shape index (κ1) is 8.07. The molecule has 0 heterocycles. The van der Waals surface area contributed by atoms with Gasteiger partial charge in [-0.2, -0.15) is 5.11 Å². The van der Waals surface area contributed by atoms with Crippen LogP contribution in [0.15, 0.2) is 10.2 Å². The van der Waals surface area contributed by atoms with E-state index < -0.39 is 6.09 Å². The Hall–Kier alpha value is -0.930. The average Bonchev–Trinajstić information content (AvgIpc) is 1.85. The smallest absolute Gasteiger partial charge is 0.447 e. The molecule has 0 saturated heterocycles. The molecule has 4 nitrogen and oxygen atoms in total. The highest BCUT2D eigenvalue weighted by Crippen LogP contribution is 1.83. The molecular formula is C5H10N2O2. The zero-order valence-corrected chi connectivity index (χ0v) is 5.63. The summed E-state index contributed by atoms with van der Waals surface area (Å²) in [6.07, 6.45) is -0.612.